The van der Waals surface area contributed by atoms with Crippen LogP contribution in [0.2, 0.25) is 10.0 Å². The average Bonchev–Trinajstić information content (AvgIpc) is 2.45. The molecule has 1 unspecified atom stereocenters. The molecule has 1 aromatic rings. The molecule has 1 aromatic carbocycles. The summed E-state index contributed by atoms with van der Waals surface area (Å²) in [5.41, 5.74) is 1.88. The number of halogens is 2. The quantitative estimate of drug-likeness (QED) is 0.770. The fraction of sp³-hybridized carbons (Fsp3) is 0.471. The van der Waals surface area contributed by atoms with Crippen LogP contribution >= 0.6 is 23.2 Å². The third-order valence-electron chi connectivity index (χ3n) is 3.65. The maximum absolute atomic E-state index is 11.2. The van der Waals surface area contributed by atoms with Crippen LogP contribution in [0.1, 0.15) is 25.8 Å². The normalized spacial score (nSPS) is 14.9. The standard InChI is InChI=1S/C17H21Cl2NO3/c1-10(2)3-13(17(21)22)8-20-7-11-4-12-5-14(18)6-15(19)16(12)23-9-11/h4-6,10,13,20H,3,7-9H2,1-2H3,(H,21,22). The van der Waals surface area contributed by atoms with E-state index < -0.39 is 5.97 Å². The highest BCUT2D eigenvalue weighted by molar-refractivity contribution is 6.36. The largest absolute Gasteiger partial charge is 0.487 e. The first-order valence-electron chi connectivity index (χ1n) is 7.61. The molecule has 1 aliphatic heterocycles. The number of carboxylic acid groups (broad SMARTS) is 1. The van der Waals surface area contributed by atoms with Gasteiger partial charge in [-0.25, -0.2) is 0 Å². The summed E-state index contributed by atoms with van der Waals surface area (Å²) >= 11 is 12.1. The molecule has 0 bridgehead atoms. The zero-order chi connectivity index (χ0) is 17.0. The molecule has 6 heteroatoms. The predicted octanol–water partition coefficient (Wildman–Crippen LogP) is 4.11. The van der Waals surface area contributed by atoms with E-state index in [0.717, 1.165) is 11.1 Å². The van der Waals surface area contributed by atoms with Crippen LogP contribution in [-0.2, 0) is 4.79 Å². The summed E-state index contributed by atoms with van der Waals surface area (Å²) in [5, 5.41) is 13.5. The zero-order valence-corrected chi connectivity index (χ0v) is 14.7. The summed E-state index contributed by atoms with van der Waals surface area (Å²) < 4.78 is 5.68. The molecule has 23 heavy (non-hydrogen) atoms. The number of benzene rings is 1. The third-order valence-corrected chi connectivity index (χ3v) is 4.15. The molecule has 0 fully saturated rings. The Balaban J connectivity index is 1.96. The Labute approximate surface area is 146 Å². The van der Waals surface area contributed by atoms with E-state index >= 15 is 0 Å². The van der Waals surface area contributed by atoms with Gasteiger partial charge in [-0.05, 0) is 36.1 Å². The predicted molar refractivity (Wildman–Crippen MR) is 93.4 cm³/mol. The monoisotopic (exact) mass is 357 g/mol. The Morgan fingerprint density at radius 1 is 1.39 bits per heavy atom. The SMILES string of the molecule is CC(C)CC(CNCC1=Cc2cc(Cl)cc(Cl)c2OC1)C(=O)O. The molecule has 1 heterocycles. The van der Waals surface area contributed by atoms with Crippen molar-refractivity contribution in [2.75, 3.05) is 19.7 Å². The molecular formula is C17H21Cl2NO3. The van der Waals surface area contributed by atoms with Gasteiger partial charge in [-0.15, -0.1) is 0 Å². The van der Waals surface area contributed by atoms with Crippen molar-refractivity contribution in [3.63, 3.8) is 0 Å². The number of carboxylic acids is 1. The average molecular weight is 358 g/mol. The highest BCUT2D eigenvalue weighted by Gasteiger charge is 2.19. The highest BCUT2D eigenvalue weighted by Crippen LogP contribution is 2.36. The summed E-state index contributed by atoms with van der Waals surface area (Å²) in [6.07, 6.45) is 2.65. The maximum atomic E-state index is 11.2. The van der Waals surface area contributed by atoms with Crippen molar-refractivity contribution in [1.82, 2.24) is 5.32 Å². The Kier molecular flexibility index (Phi) is 6.33. The second kappa shape index (κ2) is 8.04. The maximum Gasteiger partial charge on any atom is 0.307 e. The zero-order valence-electron chi connectivity index (χ0n) is 13.2. The lowest BCUT2D eigenvalue weighted by molar-refractivity contribution is -0.142. The third kappa shape index (κ3) is 5.13. The molecule has 0 saturated heterocycles. The number of nitrogens with one attached hydrogen (secondary N) is 1. The van der Waals surface area contributed by atoms with E-state index in [1.807, 2.05) is 19.9 Å². The van der Waals surface area contributed by atoms with Gasteiger partial charge in [0.1, 0.15) is 12.4 Å². The van der Waals surface area contributed by atoms with Crippen LogP contribution in [0, 0.1) is 11.8 Å². The lowest BCUT2D eigenvalue weighted by Gasteiger charge is -2.21. The van der Waals surface area contributed by atoms with Gasteiger partial charge in [0.05, 0.1) is 10.9 Å². The van der Waals surface area contributed by atoms with E-state index in [1.54, 1.807) is 12.1 Å². The smallest absolute Gasteiger partial charge is 0.307 e. The Morgan fingerprint density at radius 3 is 2.78 bits per heavy atom. The van der Waals surface area contributed by atoms with Gasteiger partial charge in [0.15, 0.2) is 0 Å². The van der Waals surface area contributed by atoms with E-state index in [2.05, 4.69) is 5.32 Å². The van der Waals surface area contributed by atoms with Crippen LogP contribution in [0.15, 0.2) is 17.7 Å². The van der Waals surface area contributed by atoms with E-state index in [4.69, 9.17) is 27.9 Å². The molecule has 0 spiro atoms. The first kappa shape index (κ1) is 18.1. The van der Waals surface area contributed by atoms with Gasteiger partial charge < -0.3 is 15.2 Å². The van der Waals surface area contributed by atoms with E-state index in [0.29, 0.717) is 47.8 Å². The molecule has 0 aliphatic carbocycles. The van der Waals surface area contributed by atoms with Gasteiger partial charge >= 0.3 is 5.97 Å². The number of ether oxygens (including phenoxy) is 1. The van der Waals surface area contributed by atoms with Gasteiger partial charge in [-0.2, -0.15) is 0 Å². The van der Waals surface area contributed by atoms with Gasteiger partial charge in [0.25, 0.3) is 0 Å². The van der Waals surface area contributed by atoms with Gasteiger partial charge in [-0.1, -0.05) is 37.0 Å². The van der Waals surface area contributed by atoms with Crippen molar-refractivity contribution in [2.45, 2.75) is 20.3 Å². The number of hydrogen-bond donors (Lipinski definition) is 2. The fourth-order valence-electron chi connectivity index (χ4n) is 2.62. The van der Waals surface area contributed by atoms with Crippen molar-refractivity contribution in [3.05, 3.63) is 33.3 Å². The minimum absolute atomic E-state index is 0.353. The molecule has 2 N–H and O–H groups in total. The molecule has 2 rings (SSSR count). The van der Waals surface area contributed by atoms with Crippen LogP contribution < -0.4 is 10.1 Å². The van der Waals surface area contributed by atoms with Crippen LogP contribution in [0.5, 0.6) is 5.75 Å². The van der Waals surface area contributed by atoms with Gasteiger partial charge in [-0.3, -0.25) is 4.79 Å². The molecule has 0 amide bonds. The Hall–Kier alpha value is -1.23. The van der Waals surface area contributed by atoms with E-state index in [-0.39, 0.29) is 5.92 Å². The second-order valence-electron chi connectivity index (χ2n) is 6.19. The molecule has 4 nitrogen and oxygen atoms in total. The highest BCUT2D eigenvalue weighted by atomic mass is 35.5. The van der Waals surface area contributed by atoms with Crippen molar-refractivity contribution < 1.29 is 14.6 Å². The van der Waals surface area contributed by atoms with Crippen molar-refractivity contribution in [1.29, 1.82) is 0 Å². The van der Waals surface area contributed by atoms with Crippen LogP contribution in [0.4, 0.5) is 0 Å². The van der Waals surface area contributed by atoms with Crippen molar-refractivity contribution in [3.8, 4) is 5.75 Å². The number of hydrogen-bond acceptors (Lipinski definition) is 3. The minimum atomic E-state index is -0.760. The number of aliphatic carboxylic acids is 1. The second-order valence-corrected chi connectivity index (χ2v) is 7.04. The topological polar surface area (TPSA) is 58.6 Å². The lowest BCUT2D eigenvalue weighted by atomic mass is 9.97. The molecule has 1 aliphatic rings. The van der Waals surface area contributed by atoms with E-state index in [1.165, 1.54) is 0 Å². The molecular weight excluding hydrogens is 337 g/mol. The summed E-state index contributed by atoms with van der Waals surface area (Å²) in [4.78, 5) is 11.2. The van der Waals surface area contributed by atoms with Crippen molar-refractivity contribution >= 4 is 35.2 Å². The number of fused-ring (bicyclic) bond motifs is 1. The number of rotatable bonds is 7. The molecule has 126 valence electrons. The van der Waals surface area contributed by atoms with Crippen LogP contribution in [0.25, 0.3) is 6.08 Å². The molecule has 0 saturated carbocycles. The fourth-order valence-corrected chi connectivity index (χ4v) is 3.18. The first-order chi connectivity index (χ1) is 10.9. The first-order valence-corrected chi connectivity index (χ1v) is 8.37. The number of carbonyl (C=O) groups is 1. The van der Waals surface area contributed by atoms with Crippen molar-refractivity contribution in [2.24, 2.45) is 11.8 Å². The summed E-state index contributed by atoms with van der Waals surface area (Å²) in [6.45, 7) is 5.50. The lowest BCUT2D eigenvalue weighted by Crippen LogP contribution is -2.31. The van der Waals surface area contributed by atoms with Crippen LogP contribution in [-0.4, -0.2) is 30.8 Å². The Bertz CT molecular complexity index is 614. The summed E-state index contributed by atoms with van der Waals surface area (Å²) in [7, 11) is 0. The van der Waals surface area contributed by atoms with Crippen LogP contribution in [0.3, 0.4) is 0 Å². The van der Waals surface area contributed by atoms with E-state index in [9.17, 15) is 9.90 Å². The molecule has 0 aromatic heterocycles. The summed E-state index contributed by atoms with van der Waals surface area (Å²) in [6, 6.07) is 3.46. The van der Waals surface area contributed by atoms with Gasteiger partial charge in [0.2, 0.25) is 0 Å². The van der Waals surface area contributed by atoms with Gasteiger partial charge in [0, 0.05) is 23.7 Å². The molecule has 0 radical (unpaired) electrons. The molecule has 1 atom stereocenters. The Morgan fingerprint density at radius 2 is 2.13 bits per heavy atom. The minimum Gasteiger partial charge on any atom is -0.487 e. The summed E-state index contributed by atoms with van der Waals surface area (Å²) in [5.74, 6) is -0.144.